The molecule has 1 amide bonds. The Morgan fingerprint density at radius 1 is 1.13 bits per heavy atom. The number of hydrogen-bond donors (Lipinski definition) is 3. The molecule has 1 aromatic heterocycles. The third kappa shape index (κ3) is 3.35. The van der Waals surface area contributed by atoms with Crippen molar-refractivity contribution in [3.8, 4) is 28.4 Å². The number of thiophene rings is 1. The number of anilines is 1. The summed E-state index contributed by atoms with van der Waals surface area (Å²) < 4.78 is 10.3. The monoisotopic (exact) mass is 425 g/mol. The van der Waals surface area contributed by atoms with Crippen LogP contribution in [0.25, 0.3) is 11.1 Å². The van der Waals surface area contributed by atoms with E-state index in [2.05, 4.69) is 5.32 Å². The van der Waals surface area contributed by atoms with Crippen molar-refractivity contribution in [1.29, 1.82) is 0 Å². The second kappa shape index (κ2) is 7.72. The third-order valence-corrected chi connectivity index (χ3v) is 6.38. The van der Waals surface area contributed by atoms with Crippen LogP contribution in [-0.4, -0.2) is 36.3 Å². The summed E-state index contributed by atoms with van der Waals surface area (Å²) in [4.78, 5) is 25.4. The molecular formula is C22H19NO6S. The zero-order valence-electron chi connectivity index (χ0n) is 16.3. The number of amides is 1. The molecule has 0 bridgehead atoms. The van der Waals surface area contributed by atoms with Crippen molar-refractivity contribution in [2.45, 2.75) is 12.3 Å². The van der Waals surface area contributed by atoms with Crippen LogP contribution in [0.2, 0.25) is 0 Å². The Balaban J connectivity index is 1.88. The van der Waals surface area contributed by atoms with Gasteiger partial charge in [0.25, 0.3) is 0 Å². The van der Waals surface area contributed by atoms with Crippen molar-refractivity contribution >= 4 is 28.9 Å². The molecule has 7 nitrogen and oxygen atoms in total. The minimum absolute atomic E-state index is 0.0343. The largest absolute Gasteiger partial charge is 0.504 e. The van der Waals surface area contributed by atoms with Crippen molar-refractivity contribution in [3.05, 3.63) is 57.8 Å². The zero-order valence-corrected chi connectivity index (χ0v) is 17.1. The molecule has 8 heteroatoms. The number of phenolic OH excluding ortho intramolecular Hbond substituents is 1. The highest BCUT2D eigenvalue weighted by atomic mass is 32.1. The zero-order chi connectivity index (χ0) is 21.4. The Bertz CT molecular complexity index is 1140. The molecule has 1 aliphatic heterocycles. The van der Waals surface area contributed by atoms with E-state index in [4.69, 9.17) is 9.47 Å². The Morgan fingerprint density at radius 2 is 1.87 bits per heavy atom. The Kier molecular flexibility index (Phi) is 5.09. The molecule has 1 atom stereocenters. The number of phenols is 1. The smallest absolute Gasteiger partial charge is 0.346 e. The van der Waals surface area contributed by atoms with Gasteiger partial charge in [0.05, 0.1) is 19.9 Å². The third-order valence-electron chi connectivity index (χ3n) is 5.08. The maximum absolute atomic E-state index is 12.5. The molecule has 1 aliphatic rings. The number of hydrogen-bond acceptors (Lipinski definition) is 6. The molecule has 0 spiro atoms. The van der Waals surface area contributed by atoms with Gasteiger partial charge in [-0.25, -0.2) is 4.79 Å². The second-order valence-corrected chi connectivity index (χ2v) is 7.87. The minimum atomic E-state index is -1.06. The van der Waals surface area contributed by atoms with E-state index in [1.807, 2.05) is 0 Å². The fourth-order valence-electron chi connectivity index (χ4n) is 3.66. The number of carbonyl (C=O) groups excluding carboxylic acids is 1. The van der Waals surface area contributed by atoms with Crippen molar-refractivity contribution in [2.24, 2.45) is 0 Å². The van der Waals surface area contributed by atoms with E-state index in [-0.39, 0.29) is 28.9 Å². The normalized spacial score (nSPS) is 15.3. The van der Waals surface area contributed by atoms with Gasteiger partial charge < -0.3 is 25.0 Å². The van der Waals surface area contributed by atoms with Gasteiger partial charge in [0.2, 0.25) is 5.91 Å². The minimum Gasteiger partial charge on any atom is -0.504 e. The average Bonchev–Trinajstić information content (AvgIpc) is 3.12. The molecule has 4 rings (SSSR count). The lowest BCUT2D eigenvalue weighted by molar-refractivity contribution is -0.116. The maximum atomic E-state index is 12.5. The summed E-state index contributed by atoms with van der Waals surface area (Å²) in [6.45, 7) is 0. The molecule has 0 fully saturated rings. The van der Waals surface area contributed by atoms with Gasteiger partial charge >= 0.3 is 5.97 Å². The Morgan fingerprint density at radius 3 is 2.47 bits per heavy atom. The number of methoxy groups -OCH3 is 2. The highest BCUT2D eigenvalue weighted by molar-refractivity contribution is 7.15. The number of benzene rings is 2. The van der Waals surface area contributed by atoms with Crippen LogP contribution in [0, 0.1) is 0 Å². The van der Waals surface area contributed by atoms with Gasteiger partial charge in [0.15, 0.2) is 11.5 Å². The van der Waals surface area contributed by atoms with Crippen molar-refractivity contribution < 1.29 is 29.3 Å². The predicted molar refractivity (Wildman–Crippen MR) is 113 cm³/mol. The van der Waals surface area contributed by atoms with E-state index in [9.17, 15) is 19.8 Å². The number of ether oxygens (including phenoxy) is 2. The Hall–Kier alpha value is -3.52. The number of aromatic hydroxyl groups is 1. The van der Waals surface area contributed by atoms with E-state index in [1.54, 1.807) is 49.6 Å². The van der Waals surface area contributed by atoms with E-state index in [0.29, 0.717) is 33.9 Å². The first-order chi connectivity index (χ1) is 14.4. The van der Waals surface area contributed by atoms with Crippen LogP contribution in [0.15, 0.2) is 42.5 Å². The highest BCUT2D eigenvalue weighted by Crippen LogP contribution is 2.50. The van der Waals surface area contributed by atoms with E-state index >= 15 is 0 Å². The summed E-state index contributed by atoms with van der Waals surface area (Å²) in [7, 11) is 3.01. The number of carboxylic acid groups (broad SMARTS) is 1. The number of fused-ring (bicyclic) bond motifs is 1. The lowest BCUT2D eigenvalue weighted by Gasteiger charge is -2.24. The van der Waals surface area contributed by atoms with Gasteiger partial charge in [0, 0.05) is 22.8 Å². The molecular weight excluding hydrogens is 406 g/mol. The lowest BCUT2D eigenvalue weighted by atomic mass is 9.88. The van der Waals surface area contributed by atoms with Gasteiger partial charge in [-0.1, -0.05) is 18.2 Å². The first-order valence-corrected chi connectivity index (χ1v) is 9.95. The van der Waals surface area contributed by atoms with Crippen LogP contribution in [0.5, 0.6) is 17.2 Å². The summed E-state index contributed by atoms with van der Waals surface area (Å²) in [5.74, 6) is -0.711. The summed E-state index contributed by atoms with van der Waals surface area (Å²) in [6, 6.07) is 12.0. The van der Waals surface area contributed by atoms with Gasteiger partial charge in [-0.3, -0.25) is 4.79 Å². The first kappa shape index (κ1) is 19.8. The summed E-state index contributed by atoms with van der Waals surface area (Å²) >= 11 is 1.14. The standard InChI is InChI=1S/C22H19NO6S/c1-28-13-6-3-11(4-7-13)18-19-20(30-21(18)22(26)27)14(10-17(25)23-19)12-5-8-16(29-2)15(24)9-12/h3-9,14,24H,10H2,1-2H3,(H,23,25)(H,26,27). The molecule has 3 aromatic rings. The van der Waals surface area contributed by atoms with E-state index < -0.39 is 5.97 Å². The molecule has 30 heavy (non-hydrogen) atoms. The van der Waals surface area contributed by atoms with Gasteiger partial charge in [-0.15, -0.1) is 11.3 Å². The topological polar surface area (TPSA) is 105 Å². The molecule has 0 saturated heterocycles. The van der Waals surface area contributed by atoms with Gasteiger partial charge in [-0.05, 0) is 35.4 Å². The van der Waals surface area contributed by atoms with Crippen LogP contribution in [-0.2, 0) is 4.79 Å². The van der Waals surface area contributed by atoms with Crippen LogP contribution < -0.4 is 14.8 Å². The Labute approximate surface area is 176 Å². The maximum Gasteiger partial charge on any atom is 0.346 e. The van der Waals surface area contributed by atoms with Crippen LogP contribution >= 0.6 is 11.3 Å². The second-order valence-electron chi connectivity index (χ2n) is 6.82. The quantitative estimate of drug-likeness (QED) is 0.563. The number of aromatic carboxylic acids is 1. The number of carboxylic acids is 1. The van der Waals surface area contributed by atoms with Gasteiger partial charge in [0.1, 0.15) is 10.6 Å². The molecule has 1 unspecified atom stereocenters. The molecule has 0 saturated carbocycles. The molecule has 3 N–H and O–H groups in total. The van der Waals surface area contributed by atoms with Crippen LogP contribution in [0.4, 0.5) is 5.69 Å². The number of rotatable bonds is 5. The summed E-state index contributed by atoms with van der Waals surface area (Å²) in [5.41, 5.74) is 2.35. The fraction of sp³-hybridized carbons (Fsp3) is 0.182. The lowest BCUT2D eigenvalue weighted by Crippen LogP contribution is -2.22. The molecule has 2 heterocycles. The summed E-state index contributed by atoms with van der Waals surface area (Å²) in [6.07, 6.45) is 0.153. The van der Waals surface area contributed by atoms with Crippen LogP contribution in [0.1, 0.15) is 32.5 Å². The van der Waals surface area contributed by atoms with Crippen molar-refractivity contribution in [1.82, 2.24) is 0 Å². The highest BCUT2D eigenvalue weighted by Gasteiger charge is 2.34. The van der Waals surface area contributed by atoms with E-state index in [1.165, 1.54) is 7.11 Å². The molecule has 154 valence electrons. The SMILES string of the molecule is COc1ccc(-c2c(C(=O)O)sc3c2NC(=O)CC3c2ccc(OC)c(O)c2)cc1. The average molecular weight is 425 g/mol. The number of nitrogens with one attached hydrogen (secondary N) is 1. The molecule has 2 aromatic carbocycles. The van der Waals surface area contributed by atoms with Crippen molar-refractivity contribution in [3.63, 3.8) is 0 Å². The number of carbonyl (C=O) groups is 2. The molecule has 0 radical (unpaired) electrons. The van der Waals surface area contributed by atoms with Crippen molar-refractivity contribution in [2.75, 3.05) is 19.5 Å². The van der Waals surface area contributed by atoms with E-state index in [0.717, 1.165) is 16.2 Å². The molecule has 0 aliphatic carbocycles. The predicted octanol–water partition coefficient (Wildman–Crippen LogP) is 4.31. The fourth-order valence-corrected chi connectivity index (χ4v) is 4.91. The van der Waals surface area contributed by atoms with Gasteiger partial charge in [-0.2, -0.15) is 0 Å². The van der Waals surface area contributed by atoms with Crippen LogP contribution in [0.3, 0.4) is 0 Å². The summed E-state index contributed by atoms with van der Waals surface area (Å²) in [5, 5.41) is 22.9. The first-order valence-electron chi connectivity index (χ1n) is 9.14.